The van der Waals surface area contributed by atoms with Gasteiger partial charge < -0.3 is 15.3 Å². The molecule has 12 nitrogen and oxygen atoms in total. The van der Waals surface area contributed by atoms with Crippen LogP contribution in [0.5, 0.6) is 0 Å². The number of halogens is 7. The van der Waals surface area contributed by atoms with Crippen LogP contribution in [0.25, 0.3) is 0 Å². The Morgan fingerprint density at radius 1 is 1.06 bits per heavy atom. The number of aliphatic hydroxyl groups is 1. The summed E-state index contributed by atoms with van der Waals surface area (Å²) in [6.07, 6.45) is -8.84. The first-order chi connectivity index (χ1) is 23.1. The van der Waals surface area contributed by atoms with Crippen molar-refractivity contribution in [2.45, 2.75) is 106 Å². The van der Waals surface area contributed by atoms with Crippen LogP contribution in [0.3, 0.4) is 0 Å². The molecular weight excluding hydrogens is 686 g/mol. The number of likely N-dealkylation sites (tertiary alicyclic amines) is 1. The van der Waals surface area contributed by atoms with E-state index in [0.717, 1.165) is 0 Å². The molecule has 11 unspecified atom stereocenters. The first-order valence-electron chi connectivity index (χ1n) is 16.8. The third-order valence-electron chi connectivity index (χ3n) is 10.7. The molecule has 0 radical (unpaired) electrons. The van der Waals surface area contributed by atoms with Crippen molar-refractivity contribution in [1.29, 1.82) is 0 Å². The number of carbonyl (C=O) groups excluding carboxylic acids is 3. The first-order valence-corrected chi connectivity index (χ1v) is 17.2. The van der Waals surface area contributed by atoms with Gasteiger partial charge in [0.2, 0.25) is 11.8 Å². The maximum absolute atomic E-state index is 14.4. The number of alkyl halides is 4. The lowest BCUT2D eigenvalue weighted by Crippen LogP contribution is -2.79. The van der Waals surface area contributed by atoms with Gasteiger partial charge in [0, 0.05) is 57.5 Å². The number of piperazine rings is 2. The number of nitrogens with zero attached hydrogens (tertiary/aromatic N) is 3. The van der Waals surface area contributed by atoms with Crippen molar-refractivity contribution < 1.29 is 45.8 Å². The highest BCUT2D eigenvalue weighted by molar-refractivity contribution is 6.21. The molecule has 49 heavy (non-hydrogen) atoms. The average Bonchev–Trinajstić information content (AvgIpc) is 3.06. The van der Waals surface area contributed by atoms with E-state index in [1.54, 1.807) is 16.7 Å². The first kappa shape index (κ1) is 38.2. The van der Waals surface area contributed by atoms with E-state index >= 15 is 0 Å². The Morgan fingerprint density at radius 3 is 2.37 bits per heavy atom. The van der Waals surface area contributed by atoms with E-state index in [2.05, 4.69) is 26.6 Å². The molecule has 5 aliphatic rings. The summed E-state index contributed by atoms with van der Waals surface area (Å²) < 4.78 is 80.7. The van der Waals surface area contributed by atoms with Gasteiger partial charge >= 0.3 is 12.3 Å². The van der Waals surface area contributed by atoms with Crippen molar-refractivity contribution in [3.8, 4) is 0 Å². The molecule has 1 aliphatic carbocycles. The number of fused-ring (bicyclic) bond motifs is 1. The predicted molar refractivity (Wildman–Crippen MR) is 166 cm³/mol. The molecule has 5 rings (SSSR count). The van der Waals surface area contributed by atoms with Crippen molar-refractivity contribution in [2.24, 2.45) is 5.92 Å². The van der Waals surface area contributed by atoms with Crippen LogP contribution in [-0.4, -0.2) is 149 Å². The van der Waals surface area contributed by atoms with E-state index in [-0.39, 0.29) is 76.3 Å². The van der Waals surface area contributed by atoms with Crippen LogP contribution in [0.1, 0.15) is 39.5 Å². The number of nitrogens with one attached hydrogen (secondary N) is 5. The van der Waals surface area contributed by atoms with Gasteiger partial charge in [-0.2, -0.15) is 22.0 Å². The Morgan fingerprint density at radius 2 is 1.76 bits per heavy atom. The summed E-state index contributed by atoms with van der Waals surface area (Å²) in [5.41, 5.74) is 0. The molecule has 2 amide bonds. The predicted octanol–water partition coefficient (Wildman–Crippen LogP) is 0.219. The third kappa shape index (κ3) is 8.21. The third-order valence-corrected chi connectivity index (χ3v) is 11.2. The summed E-state index contributed by atoms with van der Waals surface area (Å²) in [6, 6.07) is -5.93. The van der Waals surface area contributed by atoms with E-state index < -0.39 is 83.8 Å². The van der Waals surface area contributed by atoms with Crippen molar-refractivity contribution in [3.63, 3.8) is 0 Å². The number of carbonyl (C=O) groups is 3. The van der Waals surface area contributed by atoms with Crippen LogP contribution in [-0.2, 0) is 14.4 Å². The summed E-state index contributed by atoms with van der Waals surface area (Å²) in [4.78, 5) is 46.1. The molecule has 0 aromatic heterocycles. The minimum atomic E-state index is -4.39. The molecule has 0 spiro atoms. The Labute approximate surface area is 285 Å². The standard InChI is InChI=1S/C30H45ClF6N8O4/c1-3-19-24(43-6-8-44(9-7-43)29(49)23-25(47)14(2)39-13-40-23)26(48)22-28(38-11-18(42-22)21(32)27(33)34)45(19)12-20(46)41-17-5-4-15(10-16(17)31)30(35,36)37/h14-19,22-25,28,38-40,42,47H,3-13H2,1-2H3,(H,41,46). The SMILES string of the molecule is CCC1C(N2CCN(C(=O)C3NCNC(C)C3O)CC2)C(=O)C2NC(C(F)=C(F)F)CNC2N1CC(=O)NC1CCC(C(F)(F)F)CC1Cl. The molecule has 4 aliphatic heterocycles. The zero-order valence-corrected chi connectivity index (χ0v) is 28.0. The summed E-state index contributed by atoms with van der Waals surface area (Å²) in [6.45, 7) is 4.34. The maximum Gasteiger partial charge on any atom is 0.391 e. The fraction of sp³-hybridized carbons (Fsp3) is 0.833. The second-order valence-corrected chi connectivity index (χ2v) is 14.2. The van der Waals surface area contributed by atoms with Crippen molar-refractivity contribution in [1.82, 2.24) is 41.3 Å². The molecule has 0 aromatic rings. The number of ketones is 1. The number of Topliss-reactive ketones (excluding diaryl/α,β-unsaturated/α-hetero) is 1. The van der Waals surface area contributed by atoms with Gasteiger partial charge in [-0.25, -0.2) is 4.39 Å². The van der Waals surface area contributed by atoms with E-state index in [1.165, 1.54) is 0 Å². The number of amides is 2. The van der Waals surface area contributed by atoms with Crippen LogP contribution in [0.4, 0.5) is 26.3 Å². The van der Waals surface area contributed by atoms with Gasteiger partial charge in [-0.1, -0.05) is 6.92 Å². The zero-order chi connectivity index (χ0) is 35.8. The van der Waals surface area contributed by atoms with Crippen LogP contribution >= 0.6 is 11.6 Å². The molecule has 0 aromatic carbocycles. The fourth-order valence-electron chi connectivity index (χ4n) is 7.93. The van der Waals surface area contributed by atoms with Gasteiger partial charge in [0.05, 0.1) is 48.2 Å². The highest BCUT2D eigenvalue weighted by Gasteiger charge is 2.54. The van der Waals surface area contributed by atoms with Gasteiger partial charge in [-0.15, -0.1) is 11.6 Å². The molecule has 6 N–H and O–H groups in total. The largest absolute Gasteiger partial charge is 0.391 e. The maximum atomic E-state index is 14.4. The summed E-state index contributed by atoms with van der Waals surface area (Å²) in [5.74, 6) is -4.45. The number of rotatable bonds is 7. The quantitative estimate of drug-likeness (QED) is 0.159. The molecular formula is C30H45ClF6N8O4. The lowest BCUT2D eigenvalue weighted by atomic mass is 9.84. The highest BCUT2D eigenvalue weighted by Crippen LogP contribution is 2.39. The minimum absolute atomic E-state index is 0.0299. The minimum Gasteiger partial charge on any atom is -0.389 e. The van der Waals surface area contributed by atoms with Gasteiger partial charge in [0.1, 0.15) is 6.04 Å². The van der Waals surface area contributed by atoms with Gasteiger partial charge in [0.15, 0.2) is 11.6 Å². The molecule has 19 heteroatoms. The van der Waals surface area contributed by atoms with Crippen LogP contribution in [0, 0.1) is 5.92 Å². The Kier molecular flexibility index (Phi) is 12.2. The molecule has 5 fully saturated rings. The Hall–Kier alpha value is -2.06. The van der Waals surface area contributed by atoms with Crippen LogP contribution < -0.4 is 26.6 Å². The number of hydrogen-bond acceptors (Lipinski definition) is 10. The molecule has 278 valence electrons. The van der Waals surface area contributed by atoms with Crippen molar-refractivity contribution in [3.05, 3.63) is 11.9 Å². The zero-order valence-electron chi connectivity index (χ0n) is 27.3. The molecule has 4 saturated heterocycles. The Bertz CT molecular complexity index is 1260. The van der Waals surface area contributed by atoms with E-state index in [1.807, 2.05) is 11.8 Å². The molecule has 4 heterocycles. The van der Waals surface area contributed by atoms with Gasteiger partial charge in [-0.05, 0) is 32.6 Å². The summed E-state index contributed by atoms with van der Waals surface area (Å²) in [7, 11) is 0. The highest BCUT2D eigenvalue weighted by atomic mass is 35.5. The lowest BCUT2D eigenvalue weighted by molar-refractivity contribution is -0.182. The van der Waals surface area contributed by atoms with Crippen molar-refractivity contribution in [2.75, 3.05) is 45.9 Å². The second-order valence-electron chi connectivity index (χ2n) is 13.6. The van der Waals surface area contributed by atoms with Crippen LogP contribution in [0.15, 0.2) is 11.9 Å². The van der Waals surface area contributed by atoms with Crippen molar-refractivity contribution >= 4 is 29.2 Å². The average molecular weight is 731 g/mol. The summed E-state index contributed by atoms with van der Waals surface area (Å²) >= 11 is 6.30. The van der Waals surface area contributed by atoms with Crippen LogP contribution in [0.2, 0.25) is 0 Å². The van der Waals surface area contributed by atoms with E-state index in [0.29, 0.717) is 13.1 Å². The smallest absolute Gasteiger partial charge is 0.389 e. The normalized spacial score (nSPS) is 38.1. The summed E-state index contributed by atoms with van der Waals surface area (Å²) in [5, 5.41) is 24.1. The fourth-order valence-corrected chi connectivity index (χ4v) is 8.33. The number of piperidine rings is 1. The number of hydrogen-bond donors (Lipinski definition) is 6. The van der Waals surface area contributed by atoms with E-state index in [9.17, 15) is 45.8 Å². The molecule has 0 bridgehead atoms. The Balaban J connectivity index is 1.32. The second kappa shape index (κ2) is 15.7. The topological polar surface area (TPSA) is 141 Å². The molecule has 11 atom stereocenters. The van der Waals surface area contributed by atoms with Gasteiger partial charge in [0.25, 0.3) is 0 Å². The monoisotopic (exact) mass is 730 g/mol. The van der Waals surface area contributed by atoms with E-state index in [4.69, 9.17) is 11.6 Å². The number of aliphatic hydroxyl groups excluding tert-OH is 1. The molecule has 1 saturated carbocycles. The van der Waals surface area contributed by atoms with Gasteiger partial charge in [-0.3, -0.25) is 45.5 Å². The lowest BCUT2D eigenvalue weighted by Gasteiger charge is -2.55.